The van der Waals surface area contributed by atoms with E-state index in [0.29, 0.717) is 29.6 Å². The summed E-state index contributed by atoms with van der Waals surface area (Å²) in [5.41, 5.74) is 5.55. The minimum atomic E-state index is -4.41. The van der Waals surface area contributed by atoms with E-state index in [9.17, 15) is 13.2 Å². The van der Waals surface area contributed by atoms with Crippen LogP contribution in [0.25, 0.3) is 0 Å². The molecule has 0 radical (unpaired) electrons. The number of rotatable bonds is 2. The maximum absolute atomic E-state index is 12.3. The van der Waals surface area contributed by atoms with Crippen LogP contribution in [-0.4, -0.2) is 29.3 Å². The van der Waals surface area contributed by atoms with Gasteiger partial charge >= 0.3 is 6.18 Å². The zero-order valence-corrected chi connectivity index (χ0v) is 9.18. The van der Waals surface area contributed by atoms with Crippen LogP contribution in [0.3, 0.4) is 0 Å². The predicted molar refractivity (Wildman–Crippen MR) is 54.3 cm³/mol. The lowest BCUT2D eigenvalue weighted by Crippen LogP contribution is -2.35. The van der Waals surface area contributed by atoms with Crippen LogP contribution >= 0.6 is 11.3 Å². The quantitative estimate of drug-likeness (QED) is 0.866. The molecule has 1 fully saturated rings. The smallest absolute Gasteiger partial charge is 0.342 e. The van der Waals surface area contributed by atoms with E-state index in [1.54, 1.807) is 0 Å². The lowest BCUT2D eigenvalue weighted by atomic mass is 10.2. The second-order valence-corrected chi connectivity index (χ2v) is 4.57. The lowest BCUT2D eigenvalue weighted by molar-refractivity contribution is -0.138. The monoisotopic (exact) mass is 252 g/mol. The fourth-order valence-electron chi connectivity index (χ4n) is 1.78. The van der Waals surface area contributed by atoms with Crippen LogP contribution in [0, 0.1) is 0 Å². The summed E-state index contributed by atoms with van der Waals surface area (Å²) >= 11 is 0.579. The van der Waals surface area contributed by atoms with Crippen LogP contribution < -0.4 is 10.6 Å². The minimum absolute atomic E-state index is 0.0917. The zero-order valence-electron chi connectivity index (χ0n) is 8.37. The van der Waals surface area contributed by atoms with E-state index >= 15 is 0 Å². The van der Waals surface area contributed by atoms with E-state index in [1.807, 2.05) is 4.90 Å². The summed E-state index contributed by atoms with van der Waals surface area (Å²) in [5.74, 6) is 0. The van der Waals surface area contributed by atoms with Crippen LogP contribution in [0.1, 0.15) is 17.8 Å². The van der Waals surface area contributed by atoms with Gasteiger partial charge in [0.15, 0.2) is 0 Å². The number of hydrogen-bond acceptors (Lipinski definition) is 5. The molecular weight excluding hydrogens is 241 g/mol. The topological polar surface area (TPSA) is 55.0 Å². The highest BCUT2D eigenvalue weighted by atomic mass is 32.1. The Morgan fingerprint density at radius 1 is 1.44 bits per heavy atom. The molecule has 0 spiro atoms. The molecule has 1 unspecified atom stereocenters. The molecule has 8 heteroatoms. The SMILES string of the molecule is NCC1CCCN1c1nnc(C(F)(F)F)s1. The molecule has 0 aliphatic carbocycles. The number of hydrogen-bond donors (Lipinski definition) is 1. The summed E-state index contributed by atoms with van der Waals surface area (Å²) in [6.45, 7) is 1.13. The Morgan fingerprint density at radius 3 is 2.75 bits per heavy atom. The second kappa shape index (κ2) is 4.17. The van der Waals surface area contributed by atoms with Crippen molar-refractivity contribution in [2.75, 3.05) is 18.0 Å². The molecule has 1 aromatic heterocycles. The Labute approximate surface area is 94.3 Å². The first kappa shape index (κ1) is 11.6. The fraction of sp³-hybridized carbons (Fsp3) is 0.750. The van der Waals surface area contributed by atoms with Crippen LogP contribution in [0.5, 0.6) is 0 Å². The highest BCUT2D eigenvalue weighted by Gasteiger charge is 2.37. The van der Waals surface area contributed by atoms with Gasteiger partial charge in [-0.15, -0.1) is 10.2 Å². The van der Waals surface area contributed by atoms with Gasteiger partial charge in [0.1, 0.15) is 0 Å². The number of nitrogens with zero attached hydrogens (tertiary/aromatic N) is 3. The van der Waals surface area contributed by atoms with Crippen molar-refractivity contribution in [2.45, 2.75) is 25.1 Å². The molecule has 4 nitrogen and oxygen atoms in total. The number of alkyl halides is 3. The number of nitrogens with two attached hydrogens (primary N) is 1. The zero-order chi connectivity index (χ0) is 11.8. The summed E-state index contributed by atoms with van der Waals surface area (Å²) < 4.78 is 37.0. The summed E-state index contributed by atoms with van der Waals surface area (Å²) in [4.78, 5) is 1.81. The first-order chi connectivity index (χ1) is 7.52. The molecule has 2 rings (SSSR count). The second-order valence-electron chi connectivity index (χ2n) is 3.61. The summed E-state index contributed by atoms with van der Waals surface area (Å²) in [6, 6.07) is 0.0917. The standard InChI is InChI=1S/C8H11F3N4S/c9-8(10,11)6-13-14-7(16-6)15-3-1-2-5(15)4-12/h5H,1-4,12H2. The van der Waals surface area contributed by atoms with Gasteiger partial charge in [-0.2, -0.15) is 13.2 Å². The molecule has 1 aliphatic rings. The van der Waals surface area contributed by atoms with Gasteiger partial charge in [-0.3, -0.25) is 0 Å². The van der Waals surface area contributed by atoms with Crippen LogP contribution in [0.2, 0.25) is 0 Å². The Hall–Kier alpha value is -0.890. The van der Waals surface area contributed by atoms with Gasteiger partial charge < -0.3 is 10.6 Å². The molecule has 90 valence electrons. The van der Waals surface area contributed by atoms with Gasteiger partial charge in [-0.05, 0) is 12.8 Å². The maximum Gasteiger partial charge on any atom is 0.445 e. The Balaban J connectivity index is 2.18. The van der Waals surface area contributed by atoms with Gasteiger partial charge in [-0.25, -0.2) is 0 Å². The molecule has 1 aromatic rings. The first-order valence-electron chi connectivity index (χ1n) is 4.90. The van der Waals surface area contributed by atoms with E-state index in [0.717, 1.165) is 12.8 Å². The summed E-state index contributed by atoms with van der Waals surface area (Å²) in [5, 5.41) is 6.17. The molecule has 2 N–H and O–H groups in total. The number of aromatic nitrogens is 2. The van der Waals surface area contributed by atoms with E-state index in [4.69, 9.17) is 5.73 Å². The molecule has 0 amide bonds. The molecule has 0 bridgehead atoms. The van der Waals surface area contributed by atoms with E-state index in [1.165, 1.54) is 0 Å². The van der Waals surface area contributed by atoms with Crippen molar-refractivity contribution in [2.24, 2.45) is 5.73 Å². The third-order valence-corrected chi connectivity index (χ3v) is 3.56. The number of anilines is 1. The van der Waals surface area contributed by atoms with Crippen LogP contribution in [-0.2, 0) is 6.18 Å². The van der Waals surface area contributed by atoms with Gasteiger partial charge in [-0.1, -0.05) is 11.3 Å². The molecule has 0 saturated carbocycles. The third kappa shape index (κ3) is 2.12. The fourth-order valence-corrected chi connectivity index (χ4v) is 2.59. The van der Waals surface area contributed by atoms with E-state index < -0.39 is 11.2 Å². The molecule has 2 heterocycles. The average Bonchev–Trinajstić information content (AvgIpc) is 2.84. The van der Waals surface area contributed by atoms with Gasteiger partial charge in [0.05, 0.1) is 0 Å². The van der Waals surface area contributed by atoms with Crippen LogP contribution in [0.4, 0.5) is 18.3 Å². The van der Waals surface area contributed by atoms with Crippen molar-refractivity contribution in [3.05, 3.63) is 5.01 Å². The highest BCUT2D eigenvalue weighted by molar-refractivity contribution is 7.15. The Bertz CT molecular complexity index is 364. The average molecular weight is 252 g/mol. The largest absolute Gasteiger partial charge is 0.445 e. The molecule has 1 atom stereocenters. The maximum atomic E-state index is 12.3. The van der Waals surface area contributed by atoms with Crippen LogP contribution in [0.15, 0.2) is 0 Å². The van der Waals surface area contributed by atoms with Gasteiger partial charge in [0, 0.05) is 19.1 Å². The summed E-state index contributed by atoms with van der Waals surface area (Å²) in [7, 11) is 0. The lowest BCUT2D eigenvalue weighted by Gasteiger charge is -2.21. The van der Waals surface area contributed by atoms with Crippen molar-refractivity contribution < 1.29 is 13.2 Å². The Kier molecular flexibility index (Phi) is 3.02. The first-order valence-corrected chi connectivity index (χ1v) is 5.71. The van der Waals surface area contributed by atoms with Crippen molar-refractivity contribution in [3.63, 3.8) is 0 Å². The van der Waals surface area contributed by atoms with E-state index in [-0.39, 0.29) is 6.04 Å². The predicted octanol–water partition coefficient (Wildman–Crippen LogP) is 1.48. The number of halogens is 3. The highest BCUT2D eigenvalue weighted by Crippen LogP contribution is 2.36. The van der Waals surface area contributed by atoms with Gasteiger partial charge in [0.25, 0.3) is 0 Å². The molecule has 1 aliphatic heterocycles. The van der Waals surface area contributed by atoms with Crippen molar-refractivity contribution in [1.29, 1.82) is 0 Å². The van der Waals surface area contributed by atoms with E-state index in [2.05, 4.69) is 10.2 Å². The summed E-state index contributed by atoms with van der Waals surface area (Å²) in [6.07, 6.45) is -2.58. The molecular formula is C8H11F3N4S. The third-order valence-electron chi connectivity index (χ3n) is 2.55. The van der Waals surface area contributed by atoms with Crippen molar-refractivity contribution >= 4 is 16.5 Å². The molecule has 16 heavy (non-hydrogen) atoms. The normalized spacial score (nSPS) is 21.8. The molecule has 0 aromatic carbocycles. The van der Waals surface area contributed by atoms with Crippen molar-refractivity contribution in [3.8, 4) is 0 Å². The molecule has 1 saturated heterocycles. The van der Waals surface area contributed by atoms with Crippen molar-refractivity contribution in [1.82, 2.24) is 10.2 Å². The van der Waals surface area contributed by atoms with Gasteiger partial charge in [0.2, 0.25) is 10.1 Å². The Morgan fingerprint density at radius 2 is 2.19 bits per heavy atom. The minimum Gasteiger partial charge on any atom is -0.342 e.